The lowest BCUT2D eigenvalue weighted by Crippen LogP contribution is -2.30. The van der Waals surface area contributed by atoms with E-state index in [1.807, 2.05) is 35.7 Å². The largest absolute Gasteiger partial charge is 0.350 e. The maximum Gasteiger partial charge on any atom is 0.152 e. The lowest BCUT2D eigenvalue weighted by Gasteiger charge is -2.27. The highest BCUT2D eigenvalue weighted by molar-refractivity contribution is 7.10. The van der Waals surface area contributed by atoms with Crippen molar-refractivity contribution in [3.63, 3.8) is 0 Å². The molecule has 5 heteroatoms. The molecular weight excluding hydrogens is 268 g/mol. The summed E-state index contributed by atoms with van der Waals surface area (Å²) in [4.78, 5) is 8.64. The third-order valence-electron chi connectivity index (χ3n) is 3.91. The minimum absolute atomic E-state index is 0.507. The van der Waals surface area contributed by atoms with Crippen molar-refractivity contribution < 1.29 is 0 Å². The number of hydrogen-bond acceptors (Lipinski definition) is 4. The van der Waals surface area contributed by atoms with Crippen molar-refractivity contribution in [3.8, 4) is 0 Å². The highest BCUT2D eigenvalue weighted by Crippen LogP contribution is 2.29. The molecule has 0 saturated carbocycles. The summed E-state index contributed by atoms with van der Waals surface area (Å²) in [6.07, 6.45) is 3.14. The van der Waals surface area contributed by atoms with E-state index in [4.69, 9.17) is 10.7 Å². The Labute approximate surface area is 121 Å². The Bertz CT molecular complexity index is 758. The number of fused-ring (bicyclic) bond motifs is 2. The Balaban J connectivity index is 1.79. The van der Waals surface area contributed by atoms with Crippen molar-refractivity contribution in [2.45, 2.75) is 19.5 Å². The van der Waals surface area contributed by atoms with E-state index in [1.165, 1.54) is 10.4 Å². The number of nitrogens with zero attached hydrogens (tertiary/aromatic N) is 3. The fraction of sp³-hybridized carbons (Fsp3) is 0.267. The third-order valence-corrected chi connectivity index (χ3v) is 4.93. The van der Waals surface area contributed by atoms with Gasteiger partial charge in [0.2, 0.25) is 0 Å². The van der Waals surface area contributed by atoms with Gasteiger partial charge in [0.1, 0.15) is 5.65 Å². The maximum absolute atomic E-state index is 5.96. The zero-order valence-corrected chi connectivity index (χ0v) is 11.9. The third kappa shape index (κ3) is 1.74. The molecule has 1 aliphatic rings. The molecule has 4 nitrogen and oxygen atoms in total. The molecule has 0 bridgehead atoms. The number of anilines is 1. The first-order chi connectivity index (χ1) is 9.86. The molecule has 0 spiro atoms. The Morgan fingerprint density at radius 2 is 2.25 bits per heavy atom. The van der Waals surface area contributed by atoms with Crippen LogP contribution in [0.25, 0.3) is 5.65 Å². The van der Waals surface area contributed by atoms with Crippen LogP contribution >= 0.6 is 11.3 Å². The van der Waals surface area contributed by atoms with Crippen LogP contribution in [0.5, 0.6) is 0 Å². The molecule has 0 radical (unpaired) electrons. The lowest BCUT2D eigenvalue weighted by molar-refractivity contribution is 0.727. The van der Waals surface area contributed by atoms with Crippen LogP contribution in [0, 0.1) is 0 Å². The summed E-state index contributed by atoms with van der Waals surface area (Å²) < 4.78 is 2.10. The number of imidazole rings is 1. The molecule has 3 aromatic heterocycles. The highest BCUT2D eigenvalue weighted by Gasteiger charge is 2.22. The fourth-order valence-corrected chi connectivity index (χ4v) is 3.80. The minimum Gasteiger partial charge on any atom is -0.350 e. The first kappa shape index (κ1) is 11.9. The molecule has 0 amide bonds. The van der Waals surface area contributed by atoms with Crippen molar-refractivity contribution in [3.05, 3.63) is 52.0 Å². The number of hydrogen-bond donors (Lipinski definition) is 1. The predicted octanol–water partition coefficient (Wildman–Crippen LogP) is 2.42. The van der Waals surface area contributed by atoms with Gasteiger partial charge in [-0.05, 0) is 35.6 Å². The number of rotatable bonds is 2. The average Bonchev–Trinajstić information content (AvgIpc) is 3.10. The van der Waals surface area contributed by atoms with Crippen molar-refractivity contribution in [2.75, 3.05) is 11.4 Å². The average molecular weight is 284 g/mol. The number of pyridine rings is 1. The molecule has 102 valence electrons. The summed E-state index contributed by atoms with van der Waals surface area (Å²) in [5.41, 5.74) is 9.46. The second kappa shape index (κ2) is 4.61. The Morgan fingerprint density at radius 3 is 3.15 bits per heavy atom. The molecule has 0 aliphatic carbocycles. The maximum atomic E-state index is 5.96. The van der Waals surface area contributed by atoms with Crippen LogP contribution in [0.1, 0.15) is 16.1 Å². The molecule has 0 fully saturated rings. The molecule has 4 rings (SSSR count). The molecule has 0 aromatic carbocycles. The zero-order chi connectivity index (χ0) is 13.5. The summed E-state index contributed by atoms with van der Waals surface area (Å²) in [5.74, 6) is 1.04. The number of nitrogens with two attached hydrogens (primary N) is 1. The first-order valence-electron chi connectivity index (χ1n) is 6.83. The number of aromatic nitrogens is 2. The molecule has 2 N–H and O–H groups in total. The standard InChI is InChI=1S/C15H16N4S/c16-9-12-15(17-14-3-1-2-6-19(12)14)18-7-4-13-11(10-18)5-8-20-13/h1-3,5-6,8H,4,7,9-10,16H2. The van der Waals surface area contributed by atoms with Crippen LogP contribution in [0.2, 0.25) is 0 Å². The van der Waals surface area contributed by atoms with E-state index in [2.05, 4.69) is 20.7 Å². The van der Waals surface area contributed by atoms with Crippen LogP contribution in [0.4, 0.5) is 5.82 Å². The molecule has 3 aromatic rings. The van der Waals surface area contributed by atoms with Gasteiger partial charge in [-0.25, -0.2) is 4.98 Å². The van der Waals surface area contributed by atoms with Crippen LogP contribution in [0.3, 0.4) is 0 Å². The van der Waals surface area contributed by atoms with Gasteiger partial charge in [0.05, 0.1) is 5.69 Å². The minimum atomic E-state index is 0.507. The zero-order valence-electron chi connectivity index (χ0n) is 11.1. The van der Waals surface area contributed by atoms with Crippen molar-refractivity contribution in [2.24, 2.45) is 5.73 Å². The van der Waals surface area contributed by atoms with Crippen LogP contribution in [0.15, 0.2) is 35.8 Å². The van der Waals surface area contributed by atoms with E-state index in [0.29, 0.717) is 6.54 Å². The van der Waals surface area contributed by atoms with E-state index in [9.17, 15) is 0 Å². The van der Waals surface area contributed by atoms with E-state index in [-0.39, 0.29) is 0 Å². The summed E-state index contributed by atoms with van der Waals surface area (Å²) in [6.45, 7) is 2.47. The first-order valence-corrected chi connectivity index (χ1v) is 7.71. The van der Waals surface area contributed by atoms with Gasteiger partial charge in [0, 0.05) is 30.7 Å². The van der Waals surface area contributed by atoms with Crippen molar-refractivity contribution >= 4 is 22.8 Å². The fourth-order valence-electron chi connectivity index (χ4n) is 2.91. The smallest absolute Gasteiger partial charge is 0.152 e. The monoisotopic (exact) mass is 284 g/mol. The van der Waals surface area contributed by atoms with Gasteiger partial charge in [-0.15, -0.1) is 11.3 Å². The molecule has 20 heavy (non-hydrogen) atoms. The van der Waals surface area contributed by atoms with Crippen LogP contribution < -0.4 is 10.6 Å². The van der Waals surface area contributed by atoms with Gasteiger partial charge >= 0.3 is 0 Å². The van der Waals surface area contributed by atoms with Crippen molar-refractivity contribution in [1.29, 1.82) is 0 Å². The summed E-state index contributed by atoms with van der Waals surface area (Å²) in [7, 11) is 0. The van der Waals surface area contributed by atoms with Gasteiger partial charge in [-0.3, -0.25) is 0 Å². The van der Waals surface area contributed by atoms with E-state index >= 15 is 0 Å². The second-order valence-corrected chi connectivity index (χ2v) is 6.06. The second-order valence-electron chi connectivity index (χ2n) is 5.06. The Kier molecular flexibility index (Phi) is 2.75. The molecule has 0 unspecified atom stereocenters. The van der Waals surface area contributed by atoms with Gasteiger partial charge in [-0.1, -0.05) is 6.07 Å². The summed E-state index contributed by atoms with van der Waals surface area (Å²) in [6, 6.07) is 8.29. The molecular formula is C15H16N4S. The summed E-state index contributed by atoms with van der Waals surface area (Å²) in [5, 5.41) is 2.18. The van der Waals surface area contributed by atoms with Gasteiger partial charge in [0.15, 0.2) is 5.82 Å². The Hall–Kier alpha value is -1.85. The van der Waals surface area contributed by atoms with E-state index in [0.717, 1.165) is 36.7 Å². The normalized spacial score (nSPS) is 14.8. The topological polar surface area (TPSA) is 46.6 Å². The van der Waals surface area contributed by atoms with E-state index in [1.54, 1.807) is 0 Å². The van der Waals surface area contributed by atoms with Gasteiger partial charge < -0.3 is 15.0 Å². The summed E-state index contributed by atoms with van der Waals surface area (Å²) >= 11 is 1.86. The SMILES string of the molecule is NCc1c(N2CCc3sccc3C2)nc2ccccn12. The quantitative estimate of drug-likeness (QED) is 0.786. The van der Waals surface area contributed by atoms with Crippen LogP contribution in [-0.2, 0) is 19.5 Å². The molecule has 0 atom stereocenters. The molecule has 4 heterocycles. The molecule has 0 saturated heterocycles. The van der Waals surface area contributed by atoms with Crippen LogP contribution in [-0.4, -0.2) is 15.9 Å². The van der Waals surface area contributed by atoms with Crippen molar-refractivity contribution in [1.82, 2.24) is 9.38 Å². The van der Waals surface area contributed by atoms with Gasteiger partial charge in [0.25, 0.3) is 0 Å². The predicted molar refractivity (Wildman–Crippen MR) is 82.2 cm³/mol. The Morgan fingerprint density at radius 1 is 1.30 bits per heavy atom. The van der Waals surface area contributed by atoms with Gasteiger partial charge in [-0.2, -0.15) is 0 Å². The highest BCUT2D eigenvalue weighted by atomic mass is 32.1. The lowest BCUT2D eigenvalue weighted by atomic mass is 10.1. The van der Waals surface area contributed by atoms with E-state index < -0.39 is 0 Å². The molecule has 1 aliphatic heterocycles. The number of thiophene rings is 1.